The number of hydrogen-bond acceptors (Lipinski definition) is 3. The molecular formula is C16H20N4O. The van der Waals surface area contributed by atoms with Gasteiger partial charge in [-0.15, -0.1) is 0 Å². The maximum atomic E-state index is 12.3. The van der Waals surface area contributed by atoms with Gasteiger partial charge < -0.3 is 15.2 Å². The summed E-state index contributed by atoms with van der Waals surface area (Å²) in [5.41, 5.74) is 7.41. The van der Waals surface area contributed by atoms with Crippen LogP contribution in [0.1, 0.15) is 24.4 Å². The molecule has 0 unspecified atom stereocenters. The standard InChI is InChI=1S/C16H20N4O/c17-14-3-1-13(2-4-14)11-16(21)19-8-5-15(6-9-19)20-10-7-18-12-20/h1-4,7,10,12,15H,5-6,8-9,11,17H2. The van der Waals surface area contributed by atoms with Crippen LogP contribution in [-0.4, -0.2) is 33.4 Å². The molecule has 0 saturated carbocycles. The van der Waals surface area contributed by atoms with Crippen molar-refractivity contribution in [3.05, 3.63) is 48.5 Å². The van der Waals surface area contributed by atoms with E-state index in [9.17, 15) is 4.79 Å². The van der Waals surface area contributed by atoms with Gasteiger partial charge in [0, 0.05) is 37.2 Å². The molecule has 5 heteroatoms. The van der Waals surface area contributed by atoms with E-state index in [0.29, 0.717) is 12.5 Å². The Kier molecular flexibility index (Phi) is 3.90. The van der Waals surface area contributed by atoms with Crippen molar-refractivity contribution < 1.29 is 4.79 Å². The van der Waals surface area contributed by atoms with Crippen molar-refractivity contribution in [2.45, 2.75) is 25.3 Å². The fourth-order valence-electron chi connectivity index (χ4n) is 2.82. The fraction of sp³-hybridized carbons (Fsp3) is 0.375. The molecule has 0 radical (unpaired) electrons. The van der Waals surface area contributed by atoms with Gasteiger partial charge in [0.15, 0.2) is 0 Å². The first-order valence-electron chi connectivity index (χ1n) is 7.32. The molecule has 0 bridgehead atoms. The van der Waals surface area contributed by atoms with Gasteiger partial charge in [0.05, 0.1) is 12.7 Å². The Morgan fingerprint density at radius 3 is 2.57 bits per heavy atom. The fourth-order valence-corrected chi connectivity index (χ4v) is 2.82. The van der Waals surface area contributed by atoms with Gasteiger partial charge in [-0.25, -0.2) is 4.98 Å². The number of carbonyl (C=O) groups excluding carboxylic acids is 1. The summed E-state index contributed by atoms with van der Waals surface area (Å²) in [7, 11) is 0. The van der Waals surface area contributed by atoms with Gasteiger partial charge >= 0.3 is 0 Å². The van der Waals surface area contributed by atoms with Crippen molar-refractivity contribution in [1.82, 2.24) is 14.5 Å². The van der Waals surface area contributed by atoms with Crippen LogP contribution < -0.4 is 5.73 Å². The molecule has 1 aromatic heterocycles. The Morgan fingerprint density at radius 1 is 1.24 bits per heavy atom. The number of rotatable bonds is 3. The van der Waals surface area contributed by atoms with Crippen molar-refractivity contribution in [3.8, 4) is 0 Å². The predicted molar refractivity (Wildman–Crippen MR) is 81.6 cm³/mol. The second kappa shape index (κ2) is 5.99. The second-order valence-electron chi connectivity index (χ2n) is 5.54. The Bertz CT molecular complexity index is 583. The molecule has 1 saturated heterocycles. The van der Waals surface area contributed by atoms with Gasteiger partial charge in [0.25, 0.3) is 0 Å². The minimum atomic E-state index is 0.198. The molecule has 0 atom stereocenters. The lowest BCUT2D eigenvalue weighted by atomic mass is 10.0. The molecule has 1 aliphatic heterocycles. The van der Waals surface area contributed by atoms with Gasteiger partial charge in [0.1, 0.15) is 0 Å². The minimum Gasteiger partial charge on any atom is -0.399 e. The van der Waals surface area contributed by atoms with E-state index in [-0.39, 0.29) is 5.91 Å². The summed E-state index contributed by atoms with van der Waals surface area (Å²) < 4.78 is 2.14. The van der Waals surface area contributed by atoms with Crippen LogP contribution in [0.5, 0.6) is 0 Å². The molecule has 21 heavy (non-hydrogen) atoms. The maximum absolute atomic E-state index is 12.3. The number of nitrogens with two attached hydrogens (primary N) is 1. The van der Waals surface area contributed by atoms with Crippen molar-refractivity contribution in [1.29, 1.82) is 0 Å². The van der Waals surface area contributed by atoms with Gasteiger partial charge in [-0.2, -0.15) is 0 Å². The normalized spacial score (nSPS) is 16.1. The SMILES string of the molecule is Nc1ccc(CC(=O)N2CCC(n3ccnc3)CC2)cc1. The Labute approximate surface area is 124 Å². The third-order valence-electron chi connectivity index (χ3n) is 4.10. The number of nitrogen functional groups attached to an aromatic ring is 1. The van der Waals surface area contributed by atoms with Gasteiger partial charge in [-0.1, -0.05) is 12.1 Å². The Hall–Kier alpha value is -2.30. The number of piperidine rings is 1. The van der Waals surface area contributed by atoms with Crippen LogP contribution in [0.2, 0.25) is 0 Å². The third-order valence-corrected chi connectivity index (χ3v) is 4.10. The molecule has 3 rings (SSSR count). The largest absolute Gasteiger partial charge is 0.399 e. The number of amides is 1. The number of anilines is 1. The van der Waals surface area contributed by atoms with Crippen molar-refractivity contribution in [2.75, 3.05) is 18.8 Å². The number of imidazole rings is 1. The third kappa shape index (κ3) is 3.24. The molecule has 1 amide bonds. The summed E-state index contributed by atoms with van der Waals surface area (Å²) in [4.78, 5) is 18.4. The minimum absolute atomic E-state index is 0.198. The number of carbonyl (C=O) groups is 1. The molecule has 0 aliphatic carbocycles. The van der Waals surface area contributed by atoms with Gasteiger partial charge in [0.2, 0.25) is 5.91 Å². The monoisotopic (exact) mass is 284 g/mol. The van der Waals surface area contributed by atoms with Crippen LogP contribution in [-0.2, 0) is 11.2 Å². The molecule has 1 aliphatic rings. The summed E-state index contributed by atoms with van der Waals surface area (Å²) in [5, 5.41) is 0. The van der Waals surface area contributed by atoms with E-state index in [0.717, 1.165) is 37.2 Å². The quantitative estimate of drug-likeness (QED) is 0.875. The molecule has 2 aromatic rings. The second-order valence-corrected chi connectivity index (χ2v) is 5.54. The number of aromatic nitrogens is 2. The van der Waals surface area contributed by atoms with E-state index in [4.69, 9.17) is 5.73 Å². The number of hydrogen-bond donors (Lipinski definition) is 1. The highest BCUT2D eigenvalue weighted by Crippen LogP contribution is 2.22. The number of likely N-dealkylation sites (tertiary alicyclic amines) is 1. The highest BCUT2D eigenvalue weighted by molar-refractivity contribution is 5.79. The summed E-state index contributed by atoms with van der Waals surface area (Å²) in [6.07, 6.45) is 8.09. The summed E-state index contributed by atoms with van der Waals surface area (Å²) in [6, 6.07) is 7.99. The summed E-state index contributed by atoms with van der Waals surface area (Å²) in [6.45, 7) is 1.63. The van der Waals surface area contributed by atoms with Crippen molar-refractivity contribution >= 4 is 11.6 Å². The highest BCUT2D eigenvalue weighted by atomic mass is 16.2. The van der Waals surface area contributed by atoms with Crippen LogP contribution >= 0.6 is 0 Å². The highest BCUT2D eigenvalue weighted by Gasteiger charge is 2.23. The molecule has 5 nitrogen and oxygen atoms in total. The van der Waals surface area contributed by atoms with E-state index < -0.39 is 0 Å². The van der Waals surface area contributed by atoms with Crippen LogP contribution in [0.25, 0.3) is 0 Å². The summed E-state index contributed by atoms with van der Waals surface area (Å²) in [5.74, 6) is 0.198. The van der Waals surface area contributed by atoms with Gasteiger partial charge in [-0.05, 0) is 30.5 Å². The van der Waals surface area contributed by atoms with Crippen LogP contribution in [0.4, 0.5) is 5.69 Å². The van der Waals surface area contributed by atoms with E-state index in [2.05, 4.69) is 9.55 Å². The van der Waals surface area contributed by atoms with Gasteiger partial charge in [-0.3, -0.25) is 4.79 Å². The molecular weight excluding hydrogens is 264 g/mol. The number of benzene rings is 1. The molecule has 0 spiro atoms. The maximum Gasteiger partial charge on any atom is 0.226 e. The molecule has 2 heterocycles. The van der Waals surface area contributed by atoms with Crippen LogP contribution in [0.3, 0.4) is 0 Å². The predicted octanol–water partition coefficient (Wildman–Crippen LogP) is 1.87. The Balaban J connectivity index is 1.54. The zero-order valence-corrected chi connectivity index (χ0v) is 12.0. The average molecular weight is 284 g/mol. The smallest absolute Gasteiger partial charge is 0.226 e. The first-order chi connectivity index (χ1) is 10.2. The van der Waals surface area contributed by atoms with E-state index >= 15 is 0 Å². The van der Waals surface area contributed by atoms with E-state index in [1.165, 1.54) is 0 Å². The van der Waals surface area contributed by atoms with Crippen molar-refractivity contribution in [3.63, 3.8) is 0 Å². The molecule has 1 fully saturated rings. The lowest BCUT2D eigenvalue weighted by Crippen LogP contribution is -2.39. The Morgan fingerprint density at radius 2 is 1.95 bits per heavy atom. The first kappa shape index (κ1) is 13.7. The number of nitrogens with zero attached hydrogens (tertiary/aromatic N) is 3. The zero-order chi connectivity index (χ0) is 14.7. The lowest BCUT2D eigenvalue weighted by Gasteiger charge is -2.32. The van der Waals surface area contributed by atoms with Crippen LogP contribution in [0, 0.1) is 0 Å². The summed E-state index contributed by atoms with van der Waals surface area (Å²) >= 11 is 0. The molecule has 110 valence electrons. The molecule has 2 N–H and O–H groups in total. The topological polar surface area (TPSA) is 64.2 Å². The van der Waals surface area contributed by atoms with Crippen molar-refractivity contribution in [2.24, 2.45) is 0 Å². The lowest BCUT2D eigenvalue weighted by molar-refractivity contribution is -0.131. The first-order valence-corrected chi connectivity index (χ1v) is 7.32. The molecule has 1 aromatic carbocycles. The van der Waals surface area contributed by atoms with Crippen LogP contribution in [0.15, 0.2) is 43.0 Å². The van der Waals surface area contributed by atoms with E-state index in [1.807, 2.05) is 41.7 Å². The average Bonchev–Trinajstić information content (AvgIpc) is 3.04. The zero-order valence-electron chi connectivity index (χ0n) is 12.0. The van der Waals surface area contributed by atoms with E-state index in [1.54, 1.807) is 6.20 Å².